The van der Waals surface area contributed by atoms with Crippen LogP contribution in [0.2, 0.25) is 0 Å². The standard InChI is InChI=1S/C27H30N2O5/c1-2-3-14-23(25(30)29-16-9-8-15-24(29)26(31)32)28-27(33)34-17-22-20-12-6-4-10-18(20)19-11-5-7-13-21(19)22/h2,4-7,10-13,22-24H,1,3,8-9,14-17H2,(H,28,33)(H,31,32)/t23?,24-/m0/s1. The highest BCUT2D eigenvalue weighted by Crippen LogP contribution is 2.44. The van der Waals surface area contributed by atoms with Gasteiger partial charge in [-0.2, -0.15) is 0 Å². The van der Waals surface area contributed by atoms with E-state index in [0.717, 1.165) is 35.1 Å². The fraction of sp³-hybridized carbons (Fsp3) is 0.370. The molecule has 0 radical (unpaired) electrons. The summed E-state index contributed by atoms with van der Waals surface area (Å²) in [6.45, 7) is 4.21. The number of amides is 2. The molecule has 0 saturated carbocycles. The van der Waals surface area contributed by atoms with Crippen molar-refractivity contribution in [1.82, 2.24) is 10.2 Å². The van der Waals surface area contributed by atoms with Crippen molar-refractivity contribution in [3.63, 3.8) is 0 Å². The van der Waals surface area contributed by atoms with Gasteiger partial charge in [-0.15, -0.1) is 6.58 Å². The zero-order chi connectivity index (χ0) is 24.1. The van der Waals surface area contributed by atoms with Crippen LogP contribution in [0.4, 0.5) is 4.79 Å². The normalized spacial score (nSPS) is 17.9. The second-order valence-corrected chi connectivity index (χ2v) is 8.77. The monoisotopic (exact) mass is 462 g/mol. The summed E-state index contributed by atoms with van der Waals surface area (Å²) < 4.78 is 5.60. The van der Waals surface area contributed by atoms with Crippen LogP contribution >= 0.6 is 0 Å². The Kier molecular flexibility index (Phi) is 7.30. The number of carboxylic acid groups (broad SMARTS) is 1. The Balaban J connectivity index is 1.44. The van der Waals surface area contributed by atoms with E-state index >= 15 is 0 Å². The average Bonchev–Trinajstić information content (AvgIpc) is 3.18. The van der Waals surface area contributed by atoms with E-state index in [4.69, 9.17) is 4.74 Å². The highest BCUT2D eigenvalue weighted by molar-refractivity contribution is 5.89. The fourth-order valence-electron chi connectivity index (χ4n) is 4.98. The molecule has 4 rings (SSSR count). The number of hydrogen-bond acceptors (Lipinski definition) is 4. The maximum absolute atomic E-state index is 13.2. The van der Waals surface area contributed by atoms with Gasteiger partial charge in [0.05, 0.1) is 0 Å². The predicted molar refractivity (Wildman–Crippen MR) is 128 cm³/mol. The van der Waals surface area contributed by atoms with Gasteiger partial charge in [-0.3, -0.25) is 4.79 Å². The summed E-state index contributed by atoms with van der Waals surface area (Å²) in [5.74, 6) is -1.49. The molecule has 178 valence electrons. The fourth-order valence-corrected chi connectivity index (χ4v) is 4.98. The van der Waals surface area contributed by atoms with E-state index in [1.54, 1.807) is 6.08 Å². The van der Waals surface area contributed by atoms with Gasteiger partial charge in [0.2, 0.25) is 5.91 Å². The minimum atomic E-state index is -1.02. The highest BCUT2D eigenvalue weighted by Gasteiger charge is 2.36. The van der Waals surface area contributed by atoms with Gasteiger partial charge in [0.15, 0.2) is 0 Å². The number of carbonyl (C=O) groups excluding carboxylic acids is 2. The van der Waals surface area contributed by atoms with E-state index in [1.807, 2.05) is 36.4 Å². The number of ether oxygens (including phenoxy) is 1. The lowest BCUT2D eigenvalue weighted by Crippen LogP contribution is -2.55. The lowest BCUT2D eigenvalue weighted by molar-refractivity contribution is -0.153. The van der Waals surface area contributed by atoms with E-state index in [2.05, 4.69) is 24.0 Å². The molecule has 2 amide bonds. The summed E-state index contributed by atoms with van der Waals surface area (Å²) in [5.41, 5.74) is 4.48. The lowest BCUT2D eigenvalue weighted by atomic mass is 9.98. The molecule has 1 heterocycles. The summed E-state index contributed by atoms with van der Waals surface area (Å²) in [6.07, 6.45) is 3.74. The van der Waals surface area contributed by atoms with Gasteiger partial charge in [0.25, 0.3) is 0 Å². The van der Waals surface area contributed by atoms with Gasteiger partial charge in [0.1, 0.15) is 18.7 Å². The summed E-state index contributed by atoms with van der Waals surface area (Å²) in [7, 11) is 0. The second-order valence-electron chi connectivity index (χ2n) is 8.77. The molecule has 2 aromatic rings. The molecule has 0 spiro atoms. The van der Waals surface area contributed by atoms with E-state index in [0.29, 0.717) is 25.8 Å². The molecule has 2 aliphatic rings. The number of aliphatic carboxylic acids is 1. The Morgan fingerprint density at radius 3 is 2.35 bits per heavy atom. The third-order valence-electron chi connectivity index (χ3n) is 6.66. The molecule has 2 aromatic carbocycles. The Morgan fingerprint density at radius 2 is 1.74 bits per heavy atom. The zero-order valence-corrected chi connectivity index (χ0v) is 19.1. The van der Waals surface area contributed by atoms with Gasteiger partial charge in [-0.25, -0.2) is 9.59 Å². The van der Waals surface area contributed by atoms with Crippen LogP contribution < -0.4 is 5.32 Å². The Bertz CT molecular complexity index is 1040. The van der Waals surface area contributed by atoms with Gasteiger partial charge in [-0.05, 0) is 54.4 Å². The minimum Gasteiger partial charge on any atom is -0.480 e. The molecule has 1 saturated heterocycles. The van der Waals surface area contributed by atoms with Crippen LogP contribution in [0.3, 0.4) is 0 Å². The number of nitrogens with zero attached hydrogens (tertiary/aromatic N) is 1. The molecule has 0 aromatic heterocycles. The van der Waals surface area contributed by atoms with E-state index in [9.17, 15) is 19.5 Å². The van der Waals surface area contributed by atoms with Crippen molar-refractivity contribution in [2.75, 3.05) is 13.2 Å². The number of piperidine rings is 1. The molecule has 2 N–H and O–H groups in total. The Morgan fingerprint density at radius 1 is 1.09 bits per heavy atom. The maximum Gasteiger partial charge on any atom is 0.407 e. The number of likely N-dealkylation sites (tertiary alicyclic amines) is 1. The minimum absolute atomic E-state index is 0.0843. The first-order valence-corrected chi connectivity index (χ1v) is 11.8. The zero-order valence-electron chi connectivity index (χ0n) is 19.1. The predicted octanol–water partition coefficient (Wildman–Crippen LogP) is 4.33. The number of fused-ring (bicyclic) bond motifs is 3. The van der Waals surface area contributed by atoms with Crippen LogP contribution in [0.1, 0.15) is 49.1 Å². The molecule has 34 heavy (non-hydrogen) atoms. The number of alkyl carbamates (subject to hydrolysis) is 1. The molecule has 7 nitrogen and oxygen atoms in total. The average molecular weight is 463 g/mol. The summed E-state index contributed by atoms with van der Waals surface area (Å²) in [5, 5.41) is 12.2. The van der Waals surface area contributed by atoms with Gasteiger partial charge < -0.3 is 20.1 Å². The number of hydrogen-bond donors (Lipinski definition) is 2. The molecule has 7 heteroatoms. The van der Waals surface area contributed by atoms with Crippen molar-refractivity contribution in [3.05, 3.63) is 72.3 Å². The molecule has 1 aliphatic carbocycles. The smallest absolute Gasteiger partial charge is 0.407 e. The number of carbonyl (C=O) groups is 3. The number of nitrogens with one attached hydrogen (secondary N) is 1. The third-order valence-corrected chi connectivity index (χ3v) is 6.66. The first-order valence-electron chi connectivity index (χ1n) is 11.8. The SMILES string of the molecule is C=CCCC(NC(=O)OCC1c2ccccc2-c2ccccc21)C(=O)N1CCCC[C@H]1C(=O)O. The van der Waals surface area contributed by atoms with Gasteiger partial charge in [-0.1, -0.05) is 54.6 Å². The quantitative estimate of drug-likeness (QED) is 0.570. The van der Waals surface area contributed by atoms with Crippen molar-refractivity contribution < 1.29 is 24.2 Å². The molecule has 0 bridgehead atoms. The van der Waals surface area contributed by atoms with Crippen molar-refractivity contribution >= 4 is 18.0 Å². The van der Waals surface area contributed by atoms with Crippen LogP contribution in [0.25, 0.3) is 11.1 Å². The number of allylic oxidation sites excluding steroid dienone is 1. The first-order chi connectivity index (χ1) is 16.5. The molecule has 1 aliphatic heterocycles. The molecule has 2 atom stereocenters. The van der Waals surface area contributed by atoms with Crippen molar-refractivity contribution in [3.8, 4) is 11.1 Å². The van der Waals surface area contributed by atoms with Crippen molar-refractivity contribution in [2.45, 2.75) is 50.1 Å². The Labute approximate surface area is 199 Å². The summed E-state index contributed by atoms with van der Waals surface area (Å²) in [6, 6.07) is 14.4. The van der Waals surface area contributed by atoms with Crippen molar-refractivity contribution in [1.29, 1.82) is 0 Å². The molecular formula is C27H30N2O5. The van der Waals surface area contributed by atoms with E-state index in [1.165, 1.54) is 4.90 Å². The summed E-state index contributed by atoms with van der Waals surface area (Å²) >= 11 is 0. The van der Waals surface area contributed by atoms with Crippen LogP contribution in [-0.4, -0.2) is 53.2 Å². The lowest BCUT2D eigenvalue weighted by Gasteiger charge is -2.35. The molecular weight excluding hydrogens is 432 g/mol. The third kappa shape index (κ3) is 4.83. The number of rotatable bonds is 8. The van der Waals surface area contributed by atoms with Gasteiger partial charge in [0, 0.05) is 12.5 Å². The number of benzene rings is 2. The van der Waals surface area contributed by atoms with E-state index < -0.39 is 24.1 Å². The maximum atomic E-state index is 13.2. The molecule has 1 unspecified atom stereocenters. The summed E-state index contributed by atoms with van der Waals surface area (Å²) in [4.78, 5) is 39.0. The Hall–Kier alpha value is -3.61. The molecule has 1 fully saturated rings. The van der Waals surface area contributed by atoms with Gasteiger partial charge >= 0.3 is 12.1 Å². The highest BCUT2D eigenvalue weighted by atomic mass is 16.5. The van der Waals surface area contributed by atoms with Crippen LogP contribution in [-0.2, 0) is 14.3 Å². The van der Waals surface area contributed by atoms with Crippen LogP contribution in [0, 0.1) is 0 Å². The topological polar surface area (TPSA) is 95.9 Å². The second kappa shape index (κ2) is 10.5. The van der Waals surface area contributed by atoms with Crippen molar-refractivity contribution in [2.24, 2.45) is 0 Å². The van der Waals surface area contributed by atoms with E-state index in [-0.39, 0.29) is 18.4 Å². The number of carboxylic acids is 1. The first kappa shape index (κ1) is 23.5. The van der Waals surface area contributed by atoms with Crippen LogP contribution in [0.5, 0.6) is 0 Å². The van der Waals surface area contributed by atoms with Crippen LogP contribution in [0.15, 0.2) is 61.2 Å². The largest absolute Gasteiger partial charge is 0.480 e.